The molecule has 2 rings (SSSR count). The Bertz CT molecular complexity index is 489. The number of nitrogens with zero attached hydrogens (tertiary/aromatic N) is 4. The first-order valence-corrected chi connectivity index (χ1v) is 3.96. The number of non-ortho nitro benzene ring substituents is 1. The Kier molecular flexibility index (Phi) is 2.05. The number of amidine groups is 1. The molecule has 0 fully saturated rings. The number of amides is 2. The van der Waals surface area contributed by atoms with Crippen molar-refractivity contribution in [3.8, 4) is 0 Å². The summed E-state index contributed by atoms with van der Waals surface area (Å²) in [6.45, 7) is 0. The van der Waals surface area contributed by atoms with Crippen molar-refractivity contribution in [2.45, 2.75) is 0 Å². The van der Waals surface area contributed by atoms with E-state index in [9.17, 15) is 14.9 Å². The van der Waals surface area contributed by atoms with Gasteiger partial charge in [0, 0.05) is 17.7 Å². The zero-order valence-electron chi connectivity index (χ0n) is 7.32. The molecule has 2 amide bonds. The molecule has 74 valence electrons. The third-order valence-corrected chi connectivity index (χ3v) is 1.77. The minimum Gasteiger partial charge on any atom is -0.258 e. The van der Waals surface area contributed by atoms with Crippen LogP contribution in [0.15, 0.2) is 39.5 Å². The second kappa shape index (κ2) is 3.37. The molecular weight excluding hydrogens is 200 g/mol. The van der Waals surface area contributed by atoms with Crippen LogP contribution >= 0.6 is 0 Å². The number of nitro groups is 1. The molecule has 0 aliphatic carbocycles. The highest BCUT2D eigenvalue weighted by atomic mass is 16.6. The van der Waals surface area contributed by atoms with Crippen LogP contribution in [0.3, 0.4) is 0 Å². The molecule has 1 aliphatic heterocycles. The first kappa shape index (κ1) is 9.13. The summed E-state index contributed by atoms with van der Waals surface area (Å²) in [6.07, 6.45) is 0. The van der Waals surface area contributed by atoms with E-state index in [1.807, 2.05) is 0 Å². The van der Waals surface area contributed by atoms with Gasteiger partial charge in [-0.2, -0.15) is 4.99 Å². The number of azo groups is 1. The van der Waals surface area contributed by atoms with Gasteiger partial charge in [-0.15, -0.1) is 5.11 Å². The number of carbonyl (C=O) groups is 1. The molecule has 0 N–H and O–H groups in total. The maximum atomic E-state index is 10.6. The molecule has 0 saturated carbocycles. The monoisotopic (exact) mass is 204 g/mol. The highest BCUT2D eigenvalue weighted by Gasteiger charge is 2.13. The highest BCUT2D eigenvalue weighted by Crippen LogP contribution is 2.15. The predicted molar refractivity (Wildman–Crippen MR) is 49.9 cm³/mol. The van der Waals surface area contributed by atoms with E-state index < -0.39 is 11.0 Å². The Balaban J connectivity index is 2.32. The van der Waals surface area contributed by atoms with Crippen molar-refractivity contribution in [1.29, 1.82) is 0 Å². The van der Waals surface area contributed by atoms with Crippen LogP contribution in [0.25, 0.3) is 0 Å². The normalized spacial score (nSPS) is 14.1. The van der Waals surface area contributed by atoms with E-state index in [2.05, 4.69) is 15.2 Å². The zero-order chi connectivity index (χ0) is 10.8. The van der Waals surface area contributed by atoms with Gasteiger partial charge < -0.3 is 0 Å². The Morgan fingerprint density at radius 3 is 2.27 bits per heavy atom. The summed E-state index contributed by atoms with van der Waals surface area (Å²) in [5, 5.41) is 17.1. The van der Waals surface area contributed by atoms with Crippen molar-refractivity contribution in [3.63, 3.8) is 0 Å². The summed E-state index contributed by atoms with van der Waals surface area (Å²) in [4.78, 5) is 24.0. The molecule has 0 radical (unpaired) electrons. The summed E-state index contributed by atoms with van der Waals surface area (Å²) in [5.74, 6) is 0.176. The standard InChI is InChI=1S/C8H4N4O3/c13-8-9-7(10-11-8)5-1-3-6(4-2-5)12(14)15/h1-4H. The van der Waals surface area contributed by atoms with Crippen LogP contribution in [0.1, 0.15) is 5.56 Å². The fourth-order valence-corrected chi connectivity index (χ4v) is 1.08. The van der Waals surface area contributed by atoms with E-state index in [1.54, 1.807) is 0 Å². The average Bonchev–Trinajstić information content (AvgIpc) is 2.65. The molecule has 0 saturated heterocycles. The summed E-state index contributed by atoms with van der Waals surface area (Å²) in [6, 6.07) is 4.90. The van der Waals surface area contributed by atoms with Gasteiger partial charge in [-0.3, -0.25) is 10.1 Å². The highest BCUT2D eigenvalue weighted by molar-refractivity contribution is 6.08. The Labute approximate surface area is 83.3 Å². The lowest BCUT2D eigenvalue weighted by atomic mass is 10.2. The predicted octanol–water partition coefficient (Wildman–Crippen LogP) is 1.93. The van der Waals surface area contributed by atoms with Crippen LogP contribution < -0.4 is 0 Å². The molecule has 0 aromatic heterocycles. The fraction of sp³-hybridized carbons (Fsp3) is 0. The van der Waals surface area contributed by atoms with Gasteiger partial charge in [-0.05, 0) is 12.1 Å². The van der Waals surface area contributed by atoms with E-state index >= 15 is 0 Å². The van der Waals surface area contributed by atoms with E-state index in [1.165, 1.54) is 24.3 Å². The third-order valence-electron chi connectivity index (χ3n) is 1.77. The molecule has 15 heavy (non-hydrogen) atoms. The topological polar surface area (TPSA) is 97.3 Å². The van der Waals surface area contributed by atoms with Crippen molar-refractivity contribution < 1.29 is 9.72 Å². The van der Waals surface area contributed by atoms with Crippen molar-refractivity contribution in [1.82, 2.24) is 0 Å². The van der Waals surface area contributed by atoms with Gasteiger partial charge in [0.05, 0.1) is 4.92 Å². The summed E-state index contributed by atoms with van der Waals surface area (Å²) < 4.78 is 0. The molecule has 7 heteroatoms. The van der Waals surface area contributed by atoms with E-state index in [0.717, 1.165) is 0 Å². The second-order valence-corrected chi connectivity index (χ2v) is 2.72. The molecule has 0 unspecified atom stereocenters. The van der Waals surface area contributed by atoms with Crippen molar-refractivity contribution in [3.05, 3.63) is 39.9 Å². The Morgan fingerprint density at radius 1 is 1.13 bits per heavy atom. The van der Waals surface area contributed by atoms with Crippen LogP contribution in [-0.2, 0) is 0 Å². The van der Waals surface area contributed by atoms with Gasteiger partial charge in [0.25, 0.3) is 5.69 Å². The van der Waals surface area contributed by atoms with Gasteiger partial charge in [-0.25, -0.2) is 4.79 Å². The van der Waals surface area contributed by atoms with Gasteiger partial charge in [0.2, 0.25) is 0 Å². The zero-order valence-corrected chi connectivity index (χ0v) is 7.32. The molecule has 0 atom stereocenters. The molecule has 0 bridgehead atoms. The lowest BCUT2D eigenvalue weighted by molar-refractivity contribution is -0.384. The Hall–Kier alpha value is -2.44. The van der Waals surface area contributed by atoms with Crippen LogP contribution in [0, 0.1) is 10.1 Å². The van der Waals surface area contributed by atoms with Crippen LogP contribution in [0.4, 0.5) is 10.5 Å². The largest absolute Gasteiger partial charge is 0.387 e. The summed E-state index contributed by atoms with van der Waals surface area (Å²) >= 11 is 0. The number of hydrogen-bond donors (Lipinski definition) is 0. The molecule has 1 aliphatic rings. The number of rotatable bonds is 2. The second-order valence-electron chi connectivity index (χ2n) is 2.72. The SMILES string of the molecule is O=C1N=NC(c2ccc([N+](=O)[O-])cc2)=N1. The minimum atomic E-state index is -0.664. The number of benzene rings is 1. The summed E-state index contributed by atoms with van der Waals surface area (Å²) in [7, 11) is 0. The molecular formula is C8H4N4O3. The quantitative estimate of drug-likeness (QED) is 0.543. The van der Waals surface area contributed by atoms with Crippen LogP contribution in [0.5, 0.6) is 0 Å². The molecule has 1 aromatic carbocycles. The van der Waals surface area contributed by atoms with Gasteiger partial charge >= 0.3 is 6.03 Å². The van der Waals surface area contributed by atoms with Gasteiger partial charge in [-0.1, -0.05) is 5.11 Å². The van der Waals surface area contributed by atoms with Gasteiger partial charge in [0.15, 0.2) is 5.84 Å². The van der Waals surface area contributed by atoms with E-state index in [-0.39, 0.29) is 11.5 Å². The maximum absolute atomic E-state index is 10.6. The van der Waals surface area contributed by atoms with Gasteiger partial charge in [0.1, 0.15) is 0 Å². The third kappa shape index (κ3) is 1.75. The smallest absolute Gasteiger partial charge is 0.258 e. The van der Waals surface area contributed by atoms with Crippen molar-refractivity contribution in [2.24, 2.45) is 15.2 Å². The van der Waals surface area contributed by atoms with Crippen LogP contribution in [0.2, 0.25) is 0 Å². The molecule has 7 nitrogen and oxygen atoms in total. The first-order valence-electron chi connectivity index (χ1n) is 3.96. The Morgan fingerprint density at radius 2 is 1.80 bits per heavy atom. The van der Waals surface area contributed by atoms with Crippen LogP contribution in [-0.4, -0.2) is 16.8 Å². The molecule has 0 spiro atoms. The number of carbonyl (C=O) groups excluding carboxylic acids is 1. The molecule has 1 aromatic rings. The number of hydrogen-bond acceptors (Lipinski definition) is 4. The summed E-state index contributed by atoms with van der Waals surface area (Å²) in [5.41, 5.74) is 0.496. The van der Waals surface area contributed by atoms with Crippen molar-refractivity contribution >= 4 is 17.6 Å². The fourth-order valence-electron chi connectivity index (χ4n) is 1.08. The number of nitro benzene ring substituents is 1. The van der Waals surface area contributed by atoms with Crippen molar-refractivity contribution in [2.75, 3.05) is 0 Å². The average molecular weight is 204 g/mol. The first-order chi connectivity index (χ1) is 7.16. The minimum absolute atomic E-state index is 0.0272. The number of urea groups is 1. The lowest BCUT2D eigenvalue weighted by Crippen LogP contribution is -1.95. The molecule has 1 heterocycles. The van der Waals surface area contributed by atoms with E-state index in [0.29, 0.717) is 5.56 Å². The number of aliphatic imine (C=N–C) groups is 1. The maximum Gasteiger partial charge on any atom is 0.387 e. The van der Waals surface area contributed by atoms with E-state index in [4.69, 9.17) is 0 Å². The lowest BCUT2D eigenvalue weighted by Gasteiger charge is -1.94.